The van der Waals surface area contributed by atoms with E-state index in [1.54, 1.807) is 30.3 Å². The predicted molar refractivity (Wildman–Crippen MR) is 114 cm³/mol. The summed E-state index contributed by atoms with van der Waals surface area (Å²) in [6.45, 7) is 3.44. The van der Waals surface area contributed by atoms with E-state index in [2.05, 4.69) is 4.90 Å². The molecule has 0 aliphatic carbocycles. The minimum atomic E-state index is -3.49. The fourth-order valence-electron chi connectivity index (χ4n) is 2.98. The van der Waals surface area contributed by atoms with Crippen molar-refractivity contribution in [2.45, 2.75) is 11.4 Å². The highest BCUT2D eigenvalue weighted by Gasteiger charge is 2.26. The number of ether oxygens (including phenoxy) is 2. The quantitative estimate of drug-likeness (QED) is 0.605. The van der Waals surface area contributed by atoms with Crippen molar-refractivity contribution < 1.29 is 17.9 Å². The Hall–Kier alpha value is -1.35. The molecule has 9 heteroatoms. The van der Waals surface area contributed by atoms with E-state index in [-0.39, 0.29) is 4.90 Å². The third-order valence-electron chi connectivity index (χ3n) is 4.63. The molecule has 29 heavy (non-hydrogen) atoms. The molecule has 3 rings (SSSR count). The van der Waals surface area contributed by atoms with E-state index in [0.717, 1.165) is 5.56 Å². The third kappa shape index (κ3) is 6.07. The summed E-state index contributed by atoms with van der Waals surface area (Å²) in [5, 5.41) is 1.26. The summed E-state index contributed by atoms with van der Waals surface area (Å²) in [6.07, 6.45) is 0. The van der Waals surface area contributed by atoms with Crippen LogP contribution >= 0.6 is 23.2 Å². The fourth-order valence-corrected chi connectivity index (χ4v) is 4.86. The molecule has 0 spiro atoms. The zero-order valence-corrected chi connectivity index (χ0v) is 18.5. The van der Waals surface area contributed by atoms with Gasteiger partial charge in [-0.3, -0.25) is 4.90 Å². The standard InChI is InChI=1S/C20H24Cl2N2O4S/c1-23(15-16-2-3-17(21)14-20(16)22)8-13-28-18-4-6-19(7-5-18)29(25,26)24-9-11-27-12-10-24/h2-7,14H,8-13,15H2,1H3. The number of likely N-dealkylation sites (N-methyl/N-ethyl adjacent to an activating group) is 1. The van der Waals surface area contributed by atoms with Crippen molar-refractivity contribution in [3.63, 3.8) is 0 Å². The summed E-state index contributed by atoms with van der Waals surface area (Å²) in [6, 6.07) is 12.0. The van der Waals surface area contributed by atoms with E-state index in [9.17, 15) is 8.42 Å². The summed E-state index contributed by atoms with van der Waals surface area (Å²) >= 11 is 12.1. The molecule has 1 aliphatic rings. The van der Waals surface area contributed by atoms with Crippen molar-refractivity contribution >= 4 is 33.2 Å². The van der Waals surface area contributed by atoms with Crippen LogP contribution in [0.4, 0.5) is 0 Å². The van der Waals surface area contributed by atoms with Crippen molar-refractivity contribution in [1.29, 1.82) is 0 Å². The maximum atomic E-state index is 12.6. The first-order valence-corrected chi connectivity index (χ1v) is 11.5. The van der Waals surface area contributed by atoms with E-state index < -0.39 is 10.0 Å². The van der Waals surface area contributed by atoms with Gasteiger partial charge in [-0.05, 0) is 49.0 Å². The van der Waals surface area contributed by atoms with Gasteiger partial charge in [0.05, 0.1) is 18.1 Å². The summed E-state index contributed by atoms with van der Waals surface area (Å²) in [5.41, 5.74) is 0.997. The van der Waals surface area contributed by atoms with Gasteiger partial charge in [0.15, 0.2) is 0 Å². The van der Waals surface area contributed by atoms with Crippen molar-refractivity contribution in [1.82, 2.24) is 9.21 Å². The van der Waals surface area contributed by atoms with Crippen LogP contribution in [0.15, 0.2) is 47.4 Å². The van der Waals surface area contributed by atoms with Crippen LogP contribution in [0.2, 0.25) is 10.0 Å². The molecular formula is C20H24Cl2N2O4S. The number of benzene rings is 2. The number of rotatable bonds is 8. The van der Waals surface area contributed by atoms with Gasteiger partial charge in [0, 0.05) is 36.2 Å². The van der Waals surface area contributed by atoms with Crippen LogP contribution in [-0.4, -0.2) is 64.1 Å². The highest BCUT2D eigenvalue weighted by atomic mass is 35.5. The SMILES string of the molecule is CN(CCOc1ccc(S(=O)(=O)N2CCOCC2)cc1)Cc1ccc(Cl)cc1Cl. The molecule has 0 radical (unpaired) electrons. The summed E-state index contributed by atoms with van der Waals surface area (Å²) in [7, 11) is -1.51. The van der Waals surface area contributed by atoms with Gasteiger partial charge in [-0.1, -0.05) is 29.3 Å². The van der Waals surface area contributed by atoms with Gasteiger partial charge in [-0.25, -0.2) is 8.42 Å². The zero-order valence-electron chi connectivity index (χ0n) is 16.2. The lowest BCUT2D eigenvalue weighted by Gasteiger charge is -2.26. The molecule has 0 unspecified atom stereocenters. The van der Waals surface area contributed by atoms with Crippen molar-refractivity contribution in [3.05, 3.63) is 58.1 Å². The van der Waals surface area contributed by atoms with Crippen molar-refractivity contribution in [2.75, 3.05) is 46.5 Å². The number of hydrogen-bond donors (Lipinski definition) is 0. The first-order chi connectivity index (χ1) is 13.9. The normalized spacial score (nSPS) is 15.6. The van der Waals surface area contributed by atoms with Crippen molar-refractivity contribution in [3.8, 4) is 5.75 Å². The van der Waals surface area contributed by atoms with E-state index in [1.807, 2.05) is 19.2 Å². The van der Waals surface area contributed by atoms with Gasteiger partial charge in [0.25, 0.3) is 0 Å². The van der Waals surface area contributed by atoms with Gasteiger partial charge < -0.3 is 9.47 Å². The second-order valence-corrected chi connectivity index (χ2v) is 9.59. The Morgan fingerprint density at radius 1 is 1.10 bits per heavy atom. The number of nitrogens with zero attached hydrogens (tertiary/aromatic N) is 2. The maximum absolute atomic E-state index is 12.6. The van der Waals surface area contributed by atoms with Crippen LogP contribution in [0.5, 0.6) is 5.75 Å². The van der Waals surface area contributed by atoms with Crippen LogP contribution in [0.1, 0.15) is 5.56 Å². The lowest BCUT2D eigenvalue weighted by Crippen LogP contribution is -2.40. The van der Waals surface area contributed by atoms with Crippen molar-refractivity contribution in [2.24, 2.45) is 0 Å². The number of hydrogen-bond acceptors (Lipinski definition) is 5. The van der Waals surface area contributed by atoms with Crippen LogP contribution in [0.3, 0.4) is 0 Å². The zero-order chi connectivity index (χ0) is 20.9. The average molecular weight is 459 g/mol. The summed E-state index contributed by atoms with van der Waals surface area (Å²) in [5.74, 6) is 0.629. The lowest BCUT2D eigenvalue weighted by atomic mass is 10.2. The molecule has 0 saturated carbocycles. The van der Waals surface area contributed by atoms with Crippen LogP contribution in [-0.2, 0) is 21.3 Å². The molecule has 1 saturated heterocycles. The Bertz CT molecular complexity index is 917. The van der Waals surface area contributed by atoms with Crippen LogP contribution in [0.25, 0.3) is 0 Å². The molecule has 2 aromatic carbocycles. The lowest BCUT2D eigenvalue weighted by molar-refractivity contribution is 0.0730. The van der Waals surface area contributed by atoms with Gasteiger partial charge >= 0.3 is 0 Å². The Morgan fingerprint density at radius 3 is 2.45 bits per heavy atom. The second kappa shape index (κ2) is 10.1. The predicted octanol–water partition coefficient (Wildman–Crippen LogP) is 3.53. The molecule has 0 N–H and O–H groups in total. The van der Waals surface area contributed by atoms with Gasteiger partial charge in [-0.15, -0.1) is 0 Å². The summed E-state index contributed by atoms with van der Waals surface area (Å²) < 4.78 is 37.7. The molecular weight excluding hydrogens is 435 g/mol. The topological polar surface area (TPSA) is 59.1 Å². The summed E-state index contributed by atoms with van der Waals surface area (Å²) in [4.78, 5) is 2.35. The molecule has 1 aliphatic heterocycles. The average Bonchev–Trinajstić information content (AvgIpc) is 2.71. The largest absolute Gasteiger partial charge is 0.492 e. The van der Waals surface area contributed by atoms with Gasteiger partial charge in [0.1, 0.15) is 12.4 Å². The molecule has 0 bridgehead atoms. The van der Waals surface area contributed by atoms with Gasteiger partial charge in [-0.2, -0.15) is 4.31 Å². The molecule has 2 aromatic rings. The smallest absolute Gasteiger partial charge is 0.243 e. The Balaban J connectivity index is 1.50. The molecule has 1 fully saturated rings. The molecule has 6 nitrogen and oxygen atoms in total. The monoisotopic (exact) mass is 458 g/mol. The highest BCUT2D eigenvalue weighted by molar-refractivity contribution is 7.89. The molecule has 0 atom stereocenters. The third-order valence-corrected chi connectivity index (χ3v) is 7.13. The van der Waals surface area contributed by atoms with E-state index >= 15 is 0 Å². The Labute approximate surface area is 182 Å². The number of halogens is 2. The first-order valence-electron chi connectivity index (χ1n) is 9.29. The molecule has 0 amide bonds. The second-order valence-electron chi connectivity index (χ2n) is 6.81. The Kier molecular flexibility index (Phi) is 7.79. The molecule has 0 aromatic heterocycles. The minimum Gasteiger partial charge on any atom is -0.492 e. The number of sulfonamides is 1. The molecule has 1 heterocycles. The number of morpholine rings is 1. The first kappa shape index (κ1) is 22.3. The fraction of sp³-hybridized carbons (Fsp3) is 0.400. The molecule has 158 valence electrons. The van der Waals surface area contributed by atoms with Crippen LogP contribution in [0, 0.1) is 0 Å². The maximum Gasteiger partial charge on any atom is 0.243 e. The van der Waals surface area contributed by atoms with Gasteiger partial charge in [0.2, 0.25) is 10.0 Å². The van der Waals surface area contributed by atoms with E-state index in [1.165, 1.54) is 4.31 Å². The van der Waals surface area contributed by atoms with E-state index in [4.69, 9.17) is 32.7 Å². The van der Waals surface area contributed by atoms with Crippen LogP contribution < -0.4 is 4.74 Å². The minimum absolute atomic E-state index is 0.265. The Morgan fingerprint density at radius 2 is 1.79 bits per heavy atom. The van der Waals surface area contributed by atoms with E-state index in [0.29, 0.717) is 61.8 Å². The highest BCUT2D eigenvalue weighted by Crippen LogP contribution is 2.22.